The third kappa shape index (κ3) is 15.9. The summed E-state index contributed by atoms with van der Waals surface area (Å²) in [4.78, 5) is 54.6. The number of nitrogens with one attached hydrogen (secondary N) is 2. The Hall–Kier alpha value is -2.73. The van der Waals surface area contributed by atoms with Gasteiger partial charge in [-0.05, 0) is 63.3 Å². The van der Waals surface area contributed by atoms with Crippen molar-refractivity contribution in [2.75, 3.05) is 13.1 Å². The molecule has 11 N–H and O–H groups in total. The summed E-state index contributed by atoms with van der Waals surface area (Å²) in [5.74, 6) is -2.94. The summed E-state index contributed by atoms with van der Waals surface area (Å²) in [6.07, 6.45) is 2.84. The molecular weight excluding hydrogens is 478 g/mol. The number of aliphatic imine (C=N–C) groups is 1. The number of unbranched alkanes of at least 4 members (excludes halogenated alkanes) is 1. The molecule has 4 unspecified atom stereocenters. The molecule has 0 saturated heterocycles. The van der Waals surface area contributed by atoms with Crippen LogP contribution in [0.3, 0.4) is 0 Å². The molecule has 0 rings (SSSR count). The molecule has 0 aromatic heterocycles. The van der Waals surface area contributed by atoms with Gasteiger partial charge in [-0.3, -0.25) is 19.4 Å². The van der Waals surface area contributed by atoms with Crippen LogP contribution in [0.1, 0.15) is 79.1 Å². The molecule has 0 radical (unpaired) electrons. The topological polar surface area (TPSA) is 229 Å². The van der Waals surface area contributed by atoms with Gasteiger partial charge in [-0.25, -0.2) is 4.79 Å². The van der Waals surface area contributed by atoms with Gasteiger partial charge in [0.05, 0.1) is 12.1 Å². The summed E-state index contributed by atoms with van der Waals surface area (Å²) in [5, 5.41) is 14.9. The van der Waals surface area contributed by atoms with Gasteiger partial charge in [0.1, 0.15) is 6.04 Å². The average molecular weight is 528 g/mol. The minimum atomic E-state index is -1.14. The van der Waals surface area contributed by atoms with E-state index >= 15 is 0 Å². The van der Waals surface area contributed by atoms with Crippen LogP contribution in [-0.4, -0.2) is 65.8 Å². The van der Waals surface area contributed by atoms with E-state index in [-0.39, 0.29) is 49.4 Å². The Bertz CT molecular complexity index is 754. The van der Waals surface area contributed by atoms with Gasteiger partial charge in [0.15, 0.2) is 11.7 Å². The summed E-state index contributed by atoms with van der Waals surface area (Å²) in [5.41, 5.74) is 22.2. The molecule has 0 aromatic rings. The molecule has 0 aliphatic carbocycles. The minimum Gasteiger partial charge on any atom is -0.480 e. The standard InChI is InChI=1S/C25H49N7O5/c1-15(2)12-17(22(34)32-20(24(36)37)8-5-6-10-26)14-21(33)19(9-7-11-30-25(28)29)31-23(35)18(27)13-16(3)4/h15-20H,5-14,26-27H2,1-4H3,(H,31,35)(H,32,34)(H,36,37)(H4,28,29,30). The molecule has 4 atom stereocenters. The Morgan fingerprint density at radius 2 is 1.41 bits per heavy atom. The van der Waals surface area contributed by atoms with Crippen molar-refractivity contribution in [1.29, 1.82) is 0 Å². The molecule has 0 bridgehead atoms. The number of carbonyl (C=O) groups is 4. The Morgan fingerprint density at radius 1 is 0.838 bits per heavy atom. The highest BCUT2D eigenvalue weighted by molar-refractivity contribution is 5.94. The number of rotatable bonds is 20. The quantitative estimate of drug-likeness (QED) is 0.0651. The number of nitrogens with two attached hydrogens (primary N) is 4. The summed E-state index contributed by atoms with van der Waals surface area (Å²) >= 11 is 0. The number of carbonyl (C=O) groups excluding carboxylic acids is 3. The van der Waals surface area contributed by atoms with Crippen molar-refractivity contribution < 1.29 is 24.3 Å². The second-order valence-corrected chi connectivity index (χ2v) is 10.4. The first-order chi connectivity index (χ1) is 17.3. The van der Waals surface area contributed by atoms with E-state index in [2.05, 4.69) is 15.6 Å². The fourth-order valence-corrected chi connectivity index (χ4v) is 3.99. The molecule has 0 aliphatic rings. The number of nitrogens with zero attached hydrogens (tertiary/aromatic N) is 1. The van der Waals surface area contributed by atoms with Crippen LogP contribution in [0.15, 0.2) is 4.99 Å². The number of amides is 2. The maximum Gasteiger partial charge on any atom is 0.326 e. The van der Waals surface area contributed by atoms with E-state index in [0.29, 0.717) is 38.6 Å². The van der Waals surface area contributed by atoms with E-state index in [1.807, 2.05) is 27.7 Å². The molecule has 37 heavy (non-hydrogen) atoms. The lowest BCUT2D eigenvalue weighted by molar-refractivity contribution is -0.143. The number of hydrogen-bond acceptors (Lipinski definition) is 7. The molecule has 0 aliphatic heterocycles. The third-order valence-corrected chi connectivity index (χ3v) is 5.85. The van der Waals surface area contributed by atoms with E-state index in [1.54, 1.807) is 0 Å². The first-order valence-electron chi connectivity index (χ1n) is 13.2. The predicted octanol–water partition coefficient (Wildman–Crippen LogP) is 0.218. The number of guanidine groups is 1. The van der Waals surface area contributed by atoms with E-state index in [0.717, 1.165) is 0 Å². The van der Waals surface area contributed by atoms with Gasteiger partial charge < -0.3 is 38.7 Å². The largest absolute Gasteiger partial charge is 0.480 e. The van der Waals surface area contributed by atoms with Crippen LogP contribution in [-0.2, 0) is 19.2 Å². The molecule has 0 aromatic carbocycles. The summed E-state index contributed by atoms with van der Waals surface area (Å²) in [7, 11) is 0. The fraction of sp³-hybridized carbons (Fsp3) is 0.800. The zero-order chi connectivity index (χ0) is 28.5. The molecule has 0 fully saturated rings. The van der Waals surface area contributed by atoms with Gasteiger partial charge in [0.25, 0.3) is 0 Å². The number of hydrogen-bond donors (Lipinski definition) is 7. The first-order valence-corrected chi connectivity index (χ1v) is 13.2. The lowest BCUT2D eigenvalue weighted by Crippen LogP contribution is -2.50. The molecule has 0 spiro atoms. The second-order valence-electron chi connectivity index (χ2n) is 10.4. The highest BCUT2D eigenvalue weighted by atomic mass is 16.4. The smallest absolute Gasteiger partial charge is 0.326 e. The summed E-state index contributed by atoms with van der Waals surface area (Å²) in [6, 6.07) is -2.71. The van der Waals surface area contributed by atoms with Crippen molar-refractivity contribution in [2.24, 2.45) is 45.7 Å². The number of carboxylic acid groups (broad SMARTS) is 1. The SMILES string of the molecule is CC(C)CC(N)C(=O)NC(CCCN=C(N)N)C(=O)CC(CC(C)C)C(=O)NC(CCCCN)C(=O)O. The van der Waals surface area contributed by atoms with E-state index in [9.17, 15) is 24.3 Å². The fourth-order valence-electron chi connectivity index (χ4n) is 3.99. The zero-order valence-electron chi connectivity index (χ0n) is 22.9. The zero-order valence-corrected chi connectivity index (χ0v) is 22.9. The summed E-state index contributed by atoms with van der Waals surface area (Å²) < 4.78 is 0. The van der Waals surface area contributed by atoms with Crippen LogP contribution >= 0.6 is 0 Å². The van der Waals surface area contributed by atoms with Crippen molar-refractivity contribution in [3.63, 3.8) is 0 Å². The minimum absolute atomic E-state index is 0.0704. The van der Waals surface area contributed by atoms with Crippen LogP contribution in [0.2, 0.25) is 0 Å². The predicted molar refractivity (Wildman–Crippen MR) is 144 cm³/mol. The molecule has 2 amide bonds. The Kier molecular flexibility index (Phi) is 17.1. The normalized spacial score (nSPS) is 14.5. The number of carboxylic acids is 1. The number of ketones is 1. The van der Waals surface area contributed by atoms with Gasteiger partial charge in [0.2, 0.25) is 11.8 Å². The lowest BCUT2D eigenvalue weighted by atomic mass is 9.88. The van der Waals surface area contributed by atoms with Gasteiger partial charge in [0, 0.05) is 18.9 Å². The van der Waals surface area contributed by atoms with Crippen LogP contribution in [0.4, 0.5) is 0 Å². The van der Waals surface area contributed by atoms with Gasteiger partial charge in [-0.15, -0.1) is 0 Å². The van der Waals surface area contributed by atoms with Crippen molar-refractivity contribution in [1.82, 2.24) is 10.6 Å². The van der Waals surface area contributed by atoms with Crippen LogP contribution in [0.5, 0.6) is 0 Å². The molecular formula is C25H49N7O5. The van der Waals surface area contributed by atoms with Crippen molar-refractivity contribution in [3.05, 3.63) is 0 Å². The molecule has 12 heteroatoms. The van der Waals surface area contributed by atoms with E-state index < -0.39 is 41.8 Å². The Morgan fingerprint density at radius 3 is 1.92 bits per heavy atom. The molecule has 0 saturated carbocycles. The second kappa shape index (κ2) is 18.5. The van der Waals surface area contributed by atoms with Crippen molar-refractivity contribution in [3.8, 4) is 0 Å². The number of aliphatic carboxylic acids is 1. The monoisotopic (exact) mass is 527 g/mol. The molecule has 12 nitrogen and oxygen atoms in total. The average Bonchev–Trinajstić information content (AvgIpc) is 2.78. The highest BCUT2D eigenvalue weighted by Gasteiger charge is 2.31. The summed E-state index contributed by atoms with van der Waals surface area (Å²) in [6.45, 7) is 8.43. The van der Waals surface area contributed by atoms with Gasteiger partial charge in [-0.2, -0.15) is 0 Å². The van der Waals surface area contributed by atoms with Crippen LogP contribution < -0.4 is 33.6 Å². The molecule has 0 heterocycles. The highest BCUT2D eigenvalue weighted by Crippen LogP contribution is 2.19. The first kappa shape index (κ1) is 34.3. The van der Waals surface area contributed by atoms with Crippen molar-refractivity contribution >= 4 is 29.5 Å². The Balaban J connectivity index is 5.57. The van der Waals surface area contributed by atoms with Gasteiger partial charge >= 0.3 is 5.97 Å². The maximum absolute atomic E-state index is 13.3. The van der Waals surface area contributed by atoms with E-state index in [1.165, 1.54) is 0 Å². The molecule has 214 valence electrons. The maximum atomic E-state index is 13.3. The third-order valence-electron chi connectivity index (χ3n) is 5.85. The van der Waals surface area contributed by atoms with Gasteiger partial charge in [-0.1, -0.05) is 27.7 Å². The Labute approximate surface area is 220 Å². The number of Topliss-reactive ketones (excluding diaryl/α,β-unsaturated/α-hetero) is 1. The van der Waals surface area contributed by atoms with Crippen molar-refractivity contribution in [2.45, 2.75) is 97.2 Å². The van der Waals surface area contributed by atoms with E-state index in [4.69, 9.17) is 22.9 Å². The lowest BCUT2D eigenvalue weighted by Gasteiger charge is -2.25. The van der Waals surface area contributed by atoms with Crippen LogP contribution in [0, 0.1) is 17.8 Å². The van der Waals surface area contributed by atoms with Crippen LogP contribution in [0.25, 0.3) is 0 Å².